The Morgan fingerprint density at radius 1 is 1.22 bits per heavy atom. The Hall–Kier alpha value is -1.06. The third-order valence-electron chi connectivity index (χ3n) is 3.32. The van der Waals surface area contributed by atoms with Crippen molar-refractivity contribution in [1.82, 2.24) is 0 Å². The van der Waals surface area contributed by atoms with Gasteiger partial charge in [-0.2, -0.15) is 0 Å². The van der Waals surface area contributed by atoms with Crippen LogP contribution >= 0.6 is 15.9 Å². The number of aryl methyl sites for hydroxylation is 3. The van der Waals surface area contributed by atoms with E-state index in [1.807, 2.05) is 6.07 Å². The molecule has 18 heavy (non-hydrogen) atoms. The highest BCUT2D eigenvalue weighted by Gasteiger charge is 2.17. The molecule has 2 N–H and O–H groups in total. The molecule has 0 radical (unpaired) electrons. The van der Waals surface area contributed by atoms with E-state index in [-0.39, 0.29) is 6.04 Å². The first-order valence-electron chi connectivity index (χ1n) is 6.13. The second-order valence-electron chi connectivity index (χ2n) is 4.59. The second-order valence-corrected chi connectivity index (χ2v) is 5.44. The lowest BCUT2D eigenvalue weighted by Crippen LogP contribution is -2.14. The van der Waals surface area contributed by atoms with E-state index in [0.717, 1.165) is 27.8 Å². The summed E-state index contributed by atoms with van der Waals surface area (Å²) in [5.41, 5.74) is 11.0. The van der Waals surface area contributed by atoms with Gasteiger partial charge in [-0.25, -0.2) is 0 Å². The minimum atomic E-state index is -0.120. The molecule has 3 heteroatoms. The van der Waals surface area contributed by atoms with E-state index in [1.165, 1.54) is 11.1 Å². The lowest BCUT2D eigenvalue weighted by Gasteiger charge is -2.16. The maximum atomic E-state index is 6.38. The molecule has 0 saturated carbocycles. The Bertz CT molecular complexity index is 560. The standard InChI is InChI=1S/C15H18BrNO/c1-4-14-11(5-6-18-14)15(17)12-7-10(3)13(16)8-9(12)2/h5-8,15H,4,17H2,1-3H3. The largest absolute Gasteiger partial charge is 0.469 e. The third-order valence-corrected chi connectivity index (χ3v) is 4.17. The molecular weight excluding hydrogens is 290 g/mol. The van der Waals surface area contributed by atoms with Crippen LogP contribution in [0, 0.1) is 13.8 Å². The zero-order chi connectivity index (χ0) is 13.3. The molecule has 0 fully saturated rings. The van der Waals surface area contributed by atoms with Crippen LogP contribution in [0.1, 0.15) is 41.0 Å². The molecule has 2 nitrogen and oxygen atoms in total. The number of benzene rings is 1. The highest BCUT2D eigenvalue weighted by Crippen LogP contribution is 2.30. The van der Waals surface area contributed by atoms with Crippen LogP contribution in [-0.2, 0) is 6.42 Å². The van der Waals surface area contributed by atoms with Crippen molar-refractivity contribution in [3.63, 3.8) is 0 Å². The zero-order valence-electron chi connectivity index (χ0n) is 11.0. The molecule has 2 aromatic rings. The molecule has 0 amide bonds. The molecule has 0 bridgehead atoms. The van der Waals surface area contributed by atoms with Crippen molar-refractivity contribution in [2.75, 3.05) is 0 Å². The quantitative estimate of drug-likeness (QED) is 0.919. The SMILES string of the molecule is CCc1occc1C(N)c1cc(C)c(Br)cc1C. The van der Waals surface area contributed by atoms with E-state index in [9.17, 15) is 0 Å². The Morgan fingerprint density at radius 3 is 2.61 bits per heavy atom. The summed E-state index contributed by atoms with van der Waals surface area (Å²) in [7, 11) is 0. The summed E-state index contributed by atoms with van der Waals surface area (Å²) < 4.78 is 6.58. The van der Waals surface area contributed by atoms with E-state index in [0.29, 0.717) is 0 Å². The molecular formula is C15H18BrNO. The highest BCUT2D eigenvalue weighted by atomic mass is 79.9. The maximum absolute atomic E-state index is 6.38. The van der Waals surface area contributed by atoms with Gasteiger partial charge in [0.15, 0.2) is 0 Å². The molecule has 0 aliphatic heterocycles. The van der Waals surface area contributed by atoms with E-state index in [4.69, 9.17) is 10.2 Å². The van der Waals surface area contributed by atoms with Gasteiger partial charge in [-0.3, -0.25) is 0 Å². The number of nitrogens with two attached hydrogens (primary N) is 1. The summed E-state index contributed by atoms with van der Waals surface area (Å²) >= 11 is 3.55. The molecule has 96 valence electrons. The third kappa shape index (κ3) is 2.38. The van der Waals surface area contributed by atoms with Crippen LogP contribution in [0.3, 0.4) is 0 Å². The first-order chi connectivity index (χ1) is 8.54. The smallest absolute Gasteiger partial charge is 0.108 e. The summed E-state index contributed by atoms with van der Waals surface area (Å²) in [6, 6.07) is 6.12. The molecule has 0 spiro atoms. The number of furan rings is 1. The van der Waals surface area contributed by atoms with Gasteiger partial charge in [-0.05, 0) is 42.7 Å². The van der Waals surface area contributed by atoms with Gasteiger partial charge in [0.05, 0.1) is 12.3 Å². The van der Waals surface area contributed by atoms with Crippen molar-refractivity contribution in [2.45, 2.75) is 33.2 Å². The number of hydrogen-bond donors (Lipinski definition) is 1. The van der Waals surface area contributed by atoms with Gasteiger partial charge in [0, 0.05) is 16.5 Å². The average Bonchev–Trinajstić information content (AvgIpc) is 2.81. The Kier molecular flexibility index (Phi) is 3.93. The fourth-order valence-corrected chi connectivity index (χ4v) is 2.68. The van der Waals surface area contributed by atoms with Crippen LogP contribution in [0.2, 0.25) is 0 Å². The van der Waals surface area contributed by atoms with Crippen molar-refractivity contribution in [1.29, 1.82) is 0 Å². The van der Waals surface area contributed by atoms with E-state index < -0.39 is 0 Å². The van der Waals surface area contributed by atoms with E-state index >= 15 is 0 Å². The van der Waals surface area contributed by atoms with Crippen LogP contribution in [0.15, 0.2) is 33.4 Å². The van der Waals surface area contributed by atoms with Crippen molar-refractivity contribution in [2.24, 2.45) is 5.73 Å². The molecule has 1 atom stereocenters. The van der Waals surface area contributed by atoms with Gasteiger partial charge in [0.25, 0.3) is 0 Å². The van der Waals surface area contributed by atoms with Crippen LogP contribution in [0.25, 0.3) is 0 Å². The van der Waals surface area contributed by atoms with Gasteiger partial charge in [-0.15, -0.1) is 0 Å². The van der Waals surface area contributed by atoms with Crippen molar-refractivity contribution >= 4 is 15.9 Å². The predicted molar refractivity (Wildman–Crippen MR) is 77.7 cm³/mol. The van der Waals surface area contributed by atoms with Gasteiger partial charge in [0.2, 0.25) is 0 Å². The molecule has 0 aliphatic carbocycles. The number of halogens is 1. The van der Waals surface area contributed by atoms with Crippen molar-refractivity contribution in [3.05, 3.63) is 56.9 Å². The topological polar surface area (TPSA) is 39.2 Å². The summed E-state index contributed by atoms with van der Waals surface area (Å²) in [4.78, 5) is 0. The number of hydrogen-bond acceptors (Lipinski definition) is 2. The minimum Gasteiger partial charge on any atom is -0.469 e. The maximum Gasteiger partial charge on any atom is 0.108 e. The summed E-state index contributed by atoms with van der Waals surface area (Å²) in [5, 5.41) is 0. The van der Waals surface area contributed by atoms with Crippen LogP contribution < -0.4 is 5.73 Å². The predicted octanol–water partition coefficient (Wildman–Crippen LogP) is 4.27. The van der Waals surface area contributed by atoms with Crippen LogP contribution in [-0.4, -0.2) is 0 Å². The monoisotopic (exact) mass is 307 g/mol. The van der Waals surface area contributed by atoms with Crippen LogP contribution in [0.5, 0.6) is 0 Å². The van der Waals surface area contributed by atoms with Gasteiger partial charge < -0.3 is 10.2 Å². The molecule has 1 aromatic carbocycles. The molecule has 0 aliphatic rings. The van der Waals surface area contributed by atoms with Gasteiger partial charge >= 0.3 is 0 Å². The second kappa shape index (κ2) is 5.29. The van der Waals surface area contributed by atoms with E-state index in [2.05, 4.69) is 48.8 Å². The lowest BCUT2D eigenvalue weighted by atomic mass is 9.94. The lowest BCUT2D eigenvalue weighted by molar-refractivity contribution is 0.509. The first-order valence-corrected chi connectivity index (χ1v) is 6.92. The van der Waals surface area contributed by atoms with Crippen LogP contribution in [0.4, 0.5) is 0 Å². The van der Waals surface area contributed by atoms with Crippen molar-refractivity contribution < 1.29 is 4.42 Å². The van der Waals surface area contributed by atoms with Crippen molar-refractivity contribution in [3.8, 4) is 0 Å². The molecule has 0 saturated heterocycles. The average molecular weight is 308 g/mol. The molecule has 2 rings (SSSR count). The Balaban J connectivity index is 2.46. The fourth-order valence-electron chi connectivity index (χ4n) is 2.22. The summed E-state index contributed by atoms with van der Waals surface area (Å²) in [6.07, 6.45) is 2.58. The fraction of sp³-hybridized carbons (Fsp3) is 0.333. The minimum absolute atomic E-state index is 0.120. The Morgan fingerprint density at radius 2 is 1.94 bits per heavy atom. The summed E-state index contributed by atoms with van der Waals surface area (Å²) in [5.74, 6) is 0.975. The summed E-state index contributed by atoms with van der Waals surface area (Å²) in [6.45, 7) is 6.25. The highest BCUT2D eigenvalue weighted by molar-refractivity contribution is 9.10. The van der Waals surface area contributed by atoms with Gasteiger partial charge in [-0.1, -0.05) is 28.9 Å². The normalized spacial score (nSPS) is 12.7. The Labute approximate surface area is 116 Å². The molecule has 1 heterocycles. The van der Waals surface area contributed by atoms with E-state index in [1.54, 1.807) is 6.26 Å². The van der Waals surface area contributed by atoms with Gasteiger partial charge in [0.1, 0.15) is 5.76 Å². The first kappa shape index (κ1) is 13.4. The zero-order valence-corrected chi connectivity index (χ0v) is 12.5. The molecule has 1 aromatic heterocycles. The number of rotatable bonds is 3. The molecule has 1 unspecified atom stereocenters.